The van der Waals surface area contributed by atoms with Gasteiger partial charge in [-0.3, -0.25) is 13.9 Å². The van der Waals surface area contributed by atoms with Gasteiger partial charge in [-0.2, -0.15) is 0 Å². The predicted octanol–water partition coefficient (Wildman–Crippen LogP) is 6.07. The zero-order valence-electron chi connectivity index (χ0n) is 28.5. The average Bonchev–Trinajstić information content (AvgIpc) is 3.09. The number of aryl methyl sites for hydroxylation is 2. The molecular weight excluding hydrogens is 627 g/mol. The summed E-state index contributed by atoms with van der Waals surface area (Å²) in [5.41, 5.74) is 3.73. The highest BCUT2D eigenvalue weighted by Gasteiger charge is 2.36. The lowest BCUT2D eigenvalue weighted by atomic mass is 10.0. The number of benzene rings is 4. The average molecular weight is 672 g/mol. The van der Waals surface area contributed by atoms with Gasteiger partial charge in [-0.25, -0.2) is 8.42 Å². The van der Waals surface area contributed by atoms with Crippen molar-refractivity contribution in [3.8, 4) is 11.5 Å². The largest absolute Gasteiger partial charge is 0.497 e. The number of anilines is 1. The molecule has 0 unspecified atom stereocenters. The van der Waals surface area contributed by atoms with Gasteiger partial charge in [0.2, 0.25) is 11.8 Å². The highest BCUT2D eigenvalue weighted by Crippen LogP contribution is 2.36. The van der Waals surface area contributed by atoms with Crippen molar-refractivity contribution in [2.45, 2.75) is 64.1 Å². The van der Waals surface area contributed by atoms with E-state index in [4.69, 9.17) is 9.47 Å². The van der Waals surface area contributed by atoms with E-state index >= 15 is 0 Å². The van der Waals surface area contributed by atoms with E-state index in [0.717, 1.165) is 26.6 Å². The Hall–Kier alpha value is -4.83. The zero-order chi connectivity index (χ0) is 34.8. The monoisotopic (exact) mass is 671 g/mol. The van der Waals surface area contributed by atoms with Gasteiger partial charge in [0.1, 0.15) is 24.1 Å². The van der Waals surface area contributed by atoms with Crippen molar-refractivity contribution < 1.29 is 27.5 Å². The number of amides is 2. The van der Waals surface area contributed by atoms with Crippen molar-refractivity contribution in [1.82, 2.24) is 10.2 Å². The number of ether oxygens (including phenoxy) is 2. The summed E-state index contributed by atoms with van der Waals surface area (Å²) in [6.45, 7) is 7.20. The molecule has 0 aromatic heterocycles. The Labute approximate surface area is 284 Å². The first kappa shape index (κ1) is 36.0. The van der Waals surface area contributed by atoms with Gasteiger partial charge in [0.05, 0.1) is 24.8 Å². The number of nitrogens with one attached hydrogen (secondary N) is 1. The minimum Gasteiger partial charge on any atom is -0.497 e. The van der Waals surface area contributed by atoms with Crippen LogP contribution in [0.5, 0.6) is 11.5 Å². The highest BCUT2D eigenvalue weighted by atomic mass is 32.2. The van der Waals surface area contributed by atoms with Crippen molar-refractivity contribution in [3.05, 3.63) is 119 Å². The van der Waals surface area contributed by atoms with Crippen molar-refractivity contribution >= 4 is 27.5 Å². The number of carbonyl (C=O) groups excluding carboxylic acids is 2. The molecule has 1 N–H and O–H groups in total. The molecule has 254 valence electrons. The van der Waals surface area contributed by atoms with Crippen LogP contribution in [0.2, 0.25) is 0 Å². The molecule has 2 atom stereocenters. The van der Waals surface area contributed by atoms with Gasteiger partial charge in [-0.05, 0) is 62.6 Å². The van der Waals surface area contributed by atoms with E-state index in [2.05, 4.69) is 5.32 Å². The first-order valence-corrected chi connectivity index (χ1v) is 17.4. The minimum atomic E-state index is -4.31. The molecule has 0 aliphatic heterocycles. The molecule has 4 aromatic rings. The zero-order valence-corrected chi connectivity index (χ0v) is 29.3. The number of hydrogen-bond donors (Lipinski definition) is 1. The summed E-state index contributed by atoms with van der Waals surface area (Å²) in [7, 11) is -1.41. The summed E-state index contributed by atoms with van der Waals surface area (Å²) < 4.78 is 40.9. The third kappa shape index (κ3) is 8.95. The molecule has 0 spiro atoms. The molecule has 4 aromatic carbocycles. The summed E-state index contributed by atoms with van der Waals surface area (Å²) in [4.78, 5) is 30.3. The van der Waals surface area contributed by atoms with Crippen molar-refractivity contribution in [1.29, 1.82) is 0 Å². The van der Waals surface area contributed by atoms with E-state index in [-0.39, 0.29) is 41.2 Å². The van der Waals surface area contributed by atoms with Crippen molar-refractivity contribution in [2.24, 2.45) is 0 Å². The van der Waals surface area contributed by atoms with Crippen LogP contribution in [0.3, 0.4) is 0 Å². The lowest BCUT2D eigenvalue weighted by molar-refractivity contribution is -0.140. The highest BCUT2D eigenvalue weighted by molar-refractivity contribution is 7.92. The van der Waals surface area contributed by atoms with Gasteiger partial charge >= 0.3 is 0 Å². The van der Waals surface area contributed by atoms with E-state index in [1.807, 2.05) is 82.3 Å². The molecular formula is C38H45N3O6S. The van der Waals surface area contributed by atoms with Crippen LogP contribution in [0, 0.1) is 13.8 Å². The van der Waals surface area contributed by atoms with E-state index in [1.54, 1.807) is 24.3 Å². The maximum Gasteiger partial charge on any atom is 0.264 e. The van der Waals surface area contributed by atoms with Crippen molar-refractivity contribution in [3.63, 3.8) is 0 Å². The number of methoxy groups -OCH3 is 2. The van der Waals surface area contributed by atoms with Crippen LogP contribution in [-0.4, -0.2) is 58.0 Å². The molecule has 2 amide bonds. The third-order valence-electron chi connectivity index (χ3n) is 8.29. The summed E-state index contributed by atoms with van der Waals surface area (Å²) >= 11 is 0. The fourth-order valence-corrected chi connectivity index (χ4v) is 6.64. The van der Waals surface area contributed by atoms with Gasteiger partial charge in [-0.15, -0.1) is 0 Å². The summed E-state index contributed by atoms with van der Waals surface area (Å²) in [5.74, 6) is -0.259. The van der Waals surface area contributed by atoms with Gasteiger partial charge in [-0.1, -0.05) is 84.8 Å². The summed E-state index contributed by atoms with van der Waals surface area (Å²) in [6, 6.07) is 27.3. The van der Waals surface area contributed by atoms with Crippen LogP contribution in [-0.2, 0) is 32.6 Å². The molecule has 0 radical (unpaired) electrons. The molecule has 9 nitrogen and oxygen atoms in total. The summed E-state index contributed by atoms with van der Waals surface area (Å²) in [5, 5.41) is 3.06. The smallest absolute Gasteiger partial charge is 0.264 e. The lowest BCUT2D eigenvalue weighted by Crippen LogP contribution is -2.54. The van der Waals surface area contributed by atoms with Crippen LogP contribution in [0.25, 0.3) is 0 Å². The topological polar surface area (TPSA) is 105 Å². The maximum atomic E-state index is 14.7. The van der Waals surface area contributed by atoms with E-state index in [1.165, 1.54) is 37.3 Å². The second-order valence-electron chi connectivity index (χ2n) is 11.9. The van der Waals surface area contributed by atoms with Crippen LogP contribution in [0.4, 0.5) is 5.69 Å². The Balaban J connectivity index is 1.87. The molecule has 0 aliphatic carbocycles. The molecule has 0 saturated carbocycles. The molecule has 10 heteroatoms. The molecule has 48 heavy (non-hydrogen) atoms. The fraction of sp³-hybridized carbons (Fsp3) is 0.316. The van der Waals surface area contributed by atoms with Gasteiger partial charge < -0.3 is 19.7 Å². The van der Waals surface area contributed by atoms with E-state index in [9.17, 15) is 18.0 Å². The van der Waals surface area contributed by atoms with E-state index in [0.29, 0.717) is 12.2 Å². The minimum absolute atomic E-state index is 0.00575. The molecule has 0 bridgehead atoms. The van der Waals surface area contributed by atoms with Gasteiger partial charge in [0.25, 0.3) is 10.0 Å². The Bertz CT molecular complexity index is 1780. The van der Waals surface area contributed by atoms with Gasteiger partial charge in [0.15, 0.2) is 0 Å². The number of hydrogen-bond acceptors (Lipinski definition) is 6. The fourth-order valence-electron chi connectivity index (χ4n) is 5.23. The van der Waals surface area contributed by atoms with Crippen LogP contribution in [0.1, 0.15) is 42.5 Å². The van der Waals surface area contributed by atoms with Crippen LogP contribution in [0.15, 0.2) is 102 Å². The van der Waals surface area contributed by atoms with Gasteiger partial charge in [0, 0.05) is 25.1 Å². The molecule has 0 heterocycles. The maximum absolute atomic E-state index is 14.7. The number of sulfonamides is 1. The Morgan fingerprint density at radius 2 is 1.44 bits per heavy atom. The second kappa shape index (κ2) is 16.3. The summed E-state index contributed by atoms with van der Waals surface area (Å²) in [6.07, 6.45) is 0.932. The number of nitrogens with zero attached hydrogens (tertiary/aromatic N) is 2. The second-order valence-corrected chi connectivity index (χ2v) is 13.8. The van der Waals surface area contributed by atoms with Crippen LogP contribution >= 0.6 is 0 Å². The first-order chi connectivity index (χ1) is 23.0. The SMILES string of the molecule is CC[C@@H](C)NC(=O)[C@@H](Cc1ccccc1)N(Cc1ccc(C)cc1)C(=O)CN(c1cc(OC)ccc1OC)S(=O)(=O)c1ccc(C)cc1. The Morgan fingerprint density at radius 1 is 0.812 bits per heavy atom. The third-order valence-corrected chi connectivity index (χ3v) is 10.1. The molecule has 0 saturated heterocycles. The molecule has 0 fully saturated rings. The Kier molecular flexibility index (Phi) is 12.2. The number of rotatable bonds is 15. The van der Waals surface area contributed by atoms with E-state index < -0.39 is 28.5 Å². The van der Waals surface area contributed by atoms with Crippen LogP contribution < -0.4 is 19.1 Å². The standard InChI is InChI=1S/C38H45N3O6S/c1-7-29(4)39-38(43)35(23-30-11-9-8-10-12-30)40(25-31-17-13-27(2)14-18-31)37(42)26-41(34-24-32(46-5)19-22-36(34)47-6)48(44,45)33-20-15-28(3)16-21-33/h8-22,24,29,35H,7,23,25-26H2,1-6H3,(H,39,43)/t29-,35-/m1/s1. The van der Waals surface area contributed by atoms with Crippen molar-refractivity contribution in [2.75, 3.05) is 25.1 Å². The first-order valence-electron chi connectivity index (χ1n) is 16.0. The number of carbonyl (C=O) groups is 2. The quantitative estimate of drug-likeness (QED) is 0.165. The lowest BCUT2D eigenvalue weighted by Gasteiger charge is -2.34. The molecule has 0 aliphatic rings. The molecule has 4 rings (SSSR count). The Morgan fingerprint density at radius 3 is 2.02 bits per heavy atom. The normalized spacial score (nSPS) is 12.5. The predicted molar refractivity (Wildman–Crippen MR) is 189 cm³/mol.